The van der Waals surface area contributed by atoms with E-state index >= 15 is 0 Å². The molecule has 1 heterocycles. The first-order valence-corrected chi connectivity index (χ1v) is 4.87. The lowest BCUT2D eigenvalue weighted by Crippen LogP contribution is -2.30. The Morgan fingerprint density at radius 3 is 2.12 bits per heavy atom. The Labute approximate surface area is 92.8 Å². The Kier molecular flexibility index (Phi) is 2.27. The number of imide groups is 1. The van der Waals surface area contributed by atoms with Gasteiger partial charge in [-0.05, 0) is 37.1 Å². The third-order valence-electron chi connectivity index (χ3n) is 2.78. The van der Waals surface area contributed by atoms with Crippen molar-refractivity contribution in [2.45, 2.75) is 13.8 Å². The Balaban J connectivity index is 2.54. The first-order valence-electron chi connectivity index (χ1n) is 4.87. The smallest absolute Gasteiger partial charge is 0.258 e. The molecule has 1 aromatic carbocycles. The Hall–Kier alpha value is -2.10. The second-order valence-corrected chi connectivity index (χ2v) is 3.70. The molecular formula is C12H11NO3. The molecule has 0 bridgehead atoms. The molecule has 1 aliphatic rings. The molecular weight excluding hydrogens is 206 g/mol. The van der Waals surface area contributed by atoms with Crippen molar-refractivity contribution in [3.8, 4) is 5.75 Å². The highest BCUT2D eigenvalue weighted by Gasteiger charge is 2.26. The summed E-state index contributed by atoms with van der Waals surface area (Å²) in [7, 11) is 0. The number of phenols is 1. The molecule has 2 rings (SSSR count). The highest BCUT2D eigenvalue weighted by molar-refractivity contribution is 6.28. The number of phenolic OH excluding ortho intramolecular Hbond substituents is 1. The number of hydrogen-bond donors (Lipinski definition) is 1. The van der Waals surface area contributed by atoms with E-state index in [2.05, 4.69) is 0 Å². The van der Waals surface area contributed by atoms with Crippen molar-refractivity contribution in [2.24, 2.45) is 0 Å². The van der Waals surface area contributed by atoms with Crippen LogP contribution < -0.4 is 4.90 Å². The van der Waals surface area contributed by atoms with E-state index in [-0.39, 0.29) is 17.6 Å². The molecule has 0 radical (unpaired) electrons. The number of carbonyl (C=O) groups excluding carboxylic acids is 2. The fourth-order valence-electron chi connectivity index (χ4n) is 1.67. The number of benzene rings is 1. The maximum absolute atomic E-state index is 11.5. The van der Waals surface area contributed by atoms with E-state index in [0.717, 1.165) is 10.5 Å². The van der Waals surface area contributed by atoms with Gasteiger partial charge in [-0.3, -0.25) is 9.59 Å². The molecule has 0 aliphatic carbocycles. The van der Waals surface area contributed by atoms with Crippen molar-refractivity contribution in [1.82, 2.24) is 0 Å². The SMILES string of the molecule is Cc1c(O)ccc(N2C(=O)C=CC2=O)c1C. The zero-order chi connectivity index (χ0) is 11.9. The summed E-state index contributed by atoms with van der Waals surface area (Å²) in [5.41, 5.74) is 1.92. The first-order chi connectivity index (χ1) is 7.52. The molecule has 4 heteroatoms. The van der Waals surface area contributed by atoms with Gasteiger partial charge in [-0.2, -0.15) is 0 Å². The molecule has 4 nitrogen and oxygen atoms in total. The van der Waals surface area contributed by atoms with Crippen LogP contribution in [0.1, 0.15) is 11.1 Å². The number of hydrogen-bond acceptors (Lipinski definition) is 3. The number of anilines is 1. The minimum atomic E-state index is -0.349. The number of aromatic hydroxyl groups is 1. The summed E-state index contributed by atoms with van der Waals surface area (Å²) in [4.78, 5) is 24.1. The fraction of sp³-hybridized carbons (Fsp3) is 0.167. The second-order valence-electron chi connectivity index (χ2n) is 3.70. The van der Waals surface area contributed by atoms with Crippen LogP contribution in [0.4, 0.5) is 5.69 Å². The second kappa shape index (κ2) is 3.48. The molecule has 0 unspecified atom stereocenters. The van der Waals surface area contributed by atoms with Crippen LogP contribution >= 0.6 is 0 Å². The third-order valence-corrected chi connectivity index (χ3v) is 2.78. The van der Waals surface area contributed by atoms with Gasteiger partial charge >= 0.3 is 0 Å². The van der Waals surface area contributed by atoms with Crippen LogP contribution in [0.15, 0.2) is 24.3 Å². The van der Waals surface area contributed by atoms with Crippen LogP contribution in [0.3, 0.4) is 0 Å². The van der Waals surface area contributed by atoms with Crippen molar-refractivity contribution in [3.05, 3.63) is 35.4 Å². The lowest BCUT2D eigenvalue weighted by molar-refractivity contribution is -0.119. The van der Waals surface area contributed by atoms with Gasteiger partial charge < -0.3 is 5.11 Å². The van der Waals surface area contributed by atoms with E-state index in [0.29, 0.717) is 11.3 Å². The predicted octanol–water partition coefficient (Wildman–Crippen LogP) is 1.44. The zero-order valence-corrected chi connectivity index (χ0v) is 9.02. The quantitative estimate of drug-likeness (QED) is 0.724. The molecule has 0 spiro atoms. The van der Waals surface area contributed by atoms with E-state index in [1.165, 1.54) is 18.2 Å². The van der Waals surface area contributed by atoms with Gasteiger partial charge in [0, 0.05) is 12.2 Å². The minimum Gasteiger partial charge on any atom is -0.508 e. The highest BCUT2D eigenvalue weighted by Crippen LogP contribution is 2.30. The number of amides is 2. The fourth-order valence-corrected chi connectivity index (χ4v) is 1.67. The summed E-state index contributed by atoms with van der Waals surface area (Å²) in [6.07, 6.45) is 2.48. The standard InChI is InChI=1S/C12H11NO3/c1-7-8(2)10(14)4-3-9(7)13-11(15)5-6-12(13)16/h3-6,14H,1-2H3. The van der Waals surface area contributed by atoms with Crippen LogP contribution in [-0.2, 0) is 9.59 Å². The van der Waals surface area contributed by atoms with Crippen LogP contribution in [0.25, 0.3) is 0 Å². The molecule has 0 atom stereocenters. The van der Waals surface area contributed by atoms with Crippen molar-refractivity contribution in [1.29, 1.82) is 0 Å². The third kappa shape index (κ3) is 1.39. The molecule has 0 aromatic heterocycles. The predicted molar refractivity (Wildman–Crippen MR) is 59.2 cm³/mol. The number of nitrogens with zero attached hydrogens (tertiary/aromatic N) is 1. The highest BCUT2D eigenvalue weighted by atomic mass is 16.3. The summed E-state index contributed by atoms with van der Waals surface area (Å²) in [5, 5.41) is 9.50. The lowest BCUT2D eigenvalue weighted by atomic mass is 10.1. The summed E-state index contributed by atoms with van der Waals surface area (Å²) in [6, 6.07) is 3.05. The summed E-state index contributed by atoms with van der Waals surface area (Å²) in [6.45, 7) is 3.51. The van der Waals surface area contributed by atoms with Crippen LogP contribution in [0.5, 0.6) is 5.75 Å². The van der Waals surface area contributed by atoms with Gasteiger partial charge in [0.1, 0.15) is 5.75 Å². The topological polar surface area (TPSA) is 57.6 Å². The van der Waals surface area contributed by atoms with Gasteiger partial charge in [0.25, 0.3) is 11.8 Å². The van der Waals surface area contributed by atoms with Crippen LogP contribution in [-0.4, -0.2) is 16.9 Å². The van der Waals surface area contributed by atoms with E-state index in [9.17, 15) is 14.7 Å². The summed E-state index contributed by atoms with van der Waals surface area (Å²) < 4.78 is 0. The molecule has 1 aromatic rings. The molecule has 0 saturated heterocycles. The van der Waals surface area contributed by atoms with E-state index in [4.69, 9.17) is 0 Å². The minimum absolute atomic E-state index is 0.160. The van der Waals surface area contributed by atoms with Crippen molar-refractivity contribution in [3.63, 3.8) is 0 Å². The molecule has 1 aliphatic heterocycles. The zero-order valence-electron chi connectivity index (χ0n) is 9.02. The monoisotopic (exact) mass is 217 g/mol. The van der Waals surface area contributed by atoms with E-state index < -0.39 is 0 Å². The normalized spacial score (nSPS) is 15.0. The maximum Gasteiger partial charge on any atom is 0.258 e. The first kappa shape index (κ1) is 10.4. The van der Waals surface area contributed by atoms with E-state index in [1.54, 1.807) is 19.9 Å². The Morgan fingerprint density at radius 1 is 1.00 bits per heavy atom. The maximum atomic E-state index is 11.5. The van der Waals surface area contributed by atoms with Crippen molar-refractivity contribution >= 4 is 17.5 Å². The van der Waals surface area contributed by atoms with Gasteiger partial charge in [-0.1, -0.05) is 0 Å². The molecule has 0 fully saturated rings. The van der Waals surface area contributed by atoms with Gasteiger partial charge in [-0.15, -0.1) is 0 Å². The molecule has 0 saturated carbocycles. The Morgan fingerprint density at radius 2 is 1.56 bits per heavy atom. The van der Waals surface area contributed by atoms with E-state index in [1.807, 2.05) is 0 Å². The molecule has 82 valence electrons. The summed E-state index contributed by atoms with van der Waals surface area (Å²) in [5.74, 6) is -0.537. The average Bonchev–Trinajstić information content (AvgIpc) is 2.57. The number of carbonyl (C=O) groups is 2. The van der Waals surface area contributed by atoms with Crippen molar-refractivity contribution in [2.75, 3.05) is 4.90 Å². The molecule has 2 amide bonds. The lowest BCUT2D eigenvalue weighted by Gasteiger charge is -2.18. The van der Waals surface area contributed by atoms with Crippen LogP contribution in [0, 0.1) is 13.8 Å². The van der Waals surface area contributed by atoms with Crippen molar-refractivity contribution < 1.29 is 14.7 Å². The largest absolute Gasteiger partial charge is 0.508 e. The van der Waals surface area contributed by atoms with Gasteiger partial charge in [0.05, 0.1) is 5.69 Å². The molecule has 1 N–H and O–H groups in total. The van der Waals surface area contributed by atoms with Gasteiger partial charge in [-0.25, -0.2) is 4.90 Å². The Bertz CT molecular complexity index is 499. The number of rotatable bonds is 1. The van der Waals surface area contributed by atoms with Gasteiger partial charge in [0.15, 0.2) is 0 Å². The van der Waals surface area contributed by atoms with Crippen LogP contribution in [0.2, 0.25) is 0 Å². The molecule has 16 heavy (non-hydrogen) atoms. The average molecular weight is 217 g/mol. The summed E-state index contributed by atoms with van der Waals surface area (Å²) >= 11 is 0. The van der Waals surface area contributed by atoms with Gasteiger partial charge in [0.2, 0.25) is 0 Å².